The molecule has 3 nitrogen and oxygen atoms in total. The fourth-order valence-electron chi connectivity index (χ4n) is 2.25. The molecule has 0 radical (unpaired) electrons. The van der Waals surface area contributed by atoms with Crippen LogP contribution in [0.2, 0.25) is 0 Å². The number of hydrogen-bond acceptors (Lipinski definition) is 2. The molecule has 1 heterocycles. The second kappa shape index (κ2) is 5.50. The van der Waals surface area contributed by atoms with Gasteiger partial charge in [0.25, 0.3) is 0 Å². The number of nitrogens with zero attached hydrogens (tertiary/aromatic N) is 1. The van der Waals surface area contributed by atoms with E-state index in [1.54, 1.807) is 0 Å². The van der Waals surface area contributed by atoms with Crippen molar-refractivity contribution < 1.29 is 4.79 Å². The van der Waals surface area contributed by atoms with Crippen LogP contribution in [0.3, 0.4) is 0 Å². The van der Waals surface area contributed by atoms with E-state index in [1.807, 2.05) is 11.8 Å². The summed E-state index contributed by atoms with van der Waals surface area (Å²) < 4.78 is 0. The molecule has 3 heteroatoms. The maximum Gasteiger partial charge on any atom is 0.239 e. The highest BCUT2D eigenvalue weighted by molar-refractivity contribution is 5.81. The molecular formula is C12H24N2O. The quantitative estimate of drug-likeness (QED) is 0.773. The van der Waals surface area contributed by atoms with Crippen molar-refractivity contribution in [3.8, 4) is 0 Å². The average molecular weight is 212 g/mol. The van der Waals surface area contributed by atoms with Crippen molar-refractivity contribution >= 4 is 5.91 Å². The first kappa shape index (κ1) is 12.5. The van der Waals surface area contributed by atoms with E-state index in [0.29, 0.717) is 12.1 Å². The molecule has 0 aliphatic carbocycles. The molecule has 0 saturated carbocycles. The molecule has 1 saturated heterocycles. The zero-order valence-corrected chi connectivity index (χ0v) is 10.4. The van der Waals surface area contributed by atoms with E-state index in [2.05, 4.69) is 26.1 Å². The topological polar surface area (TPSA) is 32.3 Å². The molecule has 0 spiro atoms. The Kier molecular flexibility index (Phi) is 4.58. The van der Waals surface area contributed by atoms with E-state index < -0.39 is 0 Å². The first-order chi connectivity index (χ1) is 7.02. The van der Waals surface area contributed by atoms with Gasteiger partial charge in [-0.15, -0.1) is 0 Å². The van der Waals surface area contributed by atoms with Crippen LogP contribution in [0.1, 0.15) is 47.0 Å². The van der Waals surface area contributed by atoms with Crippen LogP contribution in [0.4, 0.5) is 0 Å². The molecule has 0 aromatic heterocycles. The van der Waals surface area contributed by atoms with Gasteiger partial charge in [0.05, 0.1) is 6.04 Å². The van der Waals surface area contributed by atoms with Gasteiger partial charge in [0.2, 0.25) is 5.91 Å². The molecule has 0 aromatic rings. The number of nitrogens with one attached hydrogen (secondary N) is 1. The number of hydrogen-bond donors (Lipinski definition) is 1. The third kappa shape index (κ3) is 3.49. The maximum absolute atomic E-state index is 12.1. The number of carbonyl (C=O) groups excluding carboxylic acids is 1. The predicted octanol–water partition coefficient (Wildman–Crippen LogP) is 1.77. The van der Waals surface area contributed by atoms with Crippen molar-refractivity contribution in [2.24, 2.45) is 0 Å². The van der Waals surface area contributed by atoms with Gasteiger partial charge in [-0.05, 0) is 33.1 Å². The van der Waals surface area contributed by atoms with Crippen molar-refractivity contribution in [3.05, 3.63) is 0 Å². The third-order valence-electron chi connectivity index (χ3n) is 3.04. The van der Waals surface area contributed by atoms with Crippen LogP contribution in [0.15, 0.2) is 0 Å². The summed E-state index contributed by atoms with van der Waals surface area (Å²) in [6.45, 7) is 9.19. The van der Waals surface area contributed by atoms with Crippen LogP contribution >= 0.6 is 0 Å². The van der Waals surface area contributed by atoms with Crippen molar-refractivity contribution in [2.75, 3.05) is 6.54 Å². The van der Waals surface area contributed by atoms with Crippen LogP contribution < -0.4 is 5.32 Å². The van der Waals surface area contributed by atoms with Gasteiger partial charge in [0.15, 0.2) is 0 Å². The minimum atomic E-state index is -0.0504. The predicted molar refractivity (Wildman–Crippen MR) is 62.8 cm³/mol. The molecule has 2 unspecified atom stereocenters. The van der Waals surface area contributed by atoms with E-state index in [4.69, 9.17) is 0 Å². The summed E-state index contributed by atoms with van der Waals surface area (Å²) in [5.74, 6) is 0.260. The Morgan fingerprint density at radius 3 is 2.53 bits per heavy atom. The van der Waals surface area contributed by atoms with Crippen LogP contribution in [-0.2, 0) is 4.79 Å². The Morgan fingerprint density at radius 2 is 2.00 bits per heavy atom. The number of likely N-dealkylation sites (tertiary alicyclic amines) is 1. The summed E-state index contributed by atoms with van der Waals surface area (Å²) in [4.78, 5) is 14.1. The molecular weight excluding hydrogens is 188 g/mol. The SMILES string of the molecule is CC(C)NC(C)C(=O)N1CCCCC1C. The molecule has 88 valence electrons. The summed E-state index contributed by atoms with van der Waals surface area (Å²) >= 11 is 0. The van der Waals surface area contributed by atoms with Crippen molar-refractivity contribution in [1.82, 2.24) is 10.2 Å². The maximum atomic E-state index is 12.1. The fourth-order valence-corrected chi connectivity index (χ4v) is 2.25. The zero-order valence-electron chi connectivity index (χ0n) is 10.4. The minimum Gasteiger partial charge on any atom is -0.339 e. The normalized spacial score (nSPS) is 24.3. The Labute approximate surface area is 93.2 Å². The Morgan fingerprint density at radius 1 is 1.33 bits per heavy atom. The van der Waals surface area contributed by atoms with Crippen LogP contribution in [0.5, 0.6) is 0 Å². The van der Waals surface area contributed by atoms with Gasteiger partial charge in [-0.25, -0.2) is 0 Å². The monoisotopic (exact) mass is 212 g/mol. The first-order valence-corrected chi connectivity index (χ1v) is 6.09. The minimum absolute atomic E-state index is 0.0504. The van der Waals surface area contributed by atoms with Crippen molar-refractivity contribution in [3.63, 3.8) is 0 Å². The molecule has 1 fully saturated rings. The first-order valence-electron chi connectivity index (χ1n) is 6.09. The largest absolute Gasteiger partial charge is 0.339 e. The third-order valence-corrected chi connectivity index (χ3v) is 3.04. The molecule has 15 heavy (non-hydrogen) atoms. The molecule has 1 aliphatic heterocycles. The van der Waals surface area contributed by atoms with Crippen molar-refractivity contribution in [1.29, 1.82) is 0 Å². The van der Waals surface area contributed by atoms with Crippen molar-refractivity contribution in [2.45, 2.75) is 65.1 Å². The summed E-state index contributed by atoms with van der Waals surface area (Å²) in [5.41, 5.74) is 0. The standard InChI is InChI=1S/C12H24N2O/c1-9(2)13-11(4)12(15)14-8-6-5-7-10(14)3/h9-11,13H,5-8H2,1-4H3. The lowest BCUT2D eigenvalue weighted by atomic mass is 10.0. The lowest BCUT2D eigenvalue weighted by Crippen LogP contribution is -2.51. The summed E-state index contributed by atoms with van der Waals surface area (Å²) in [7, 11) is 0. The molecule has 0 bridgehead atoms. The van der Waals surface area contributed by atoms with Crippen LogP contribution in [-0.4, -0.2) is 35.5 Å². The Hall–Kier alpha value is -0.570. The number of carbonyl (C=O) groups is 1. The molecule has 1 N–H and O–H groups in total. The smallest absolute Gasteiger partial charge is 0.239 e. The molecule has 1 aliphatic rings. The second-order valence-corrected chi connectivity index (χ2v) is 4.92. The Balaban J connectivity index is 2.50. The van der Waals surface area contributed by atoms with Gasteiger partial charge in [-0.2, -0.15) is 0 Å². The molecule has 2 atom stereocenters. The Bertz CT molecular complexity index is 216. The fraction of sp³-hybridized carbons (Fsp3) is 0.917. The van der Waals surface area contributed by atoms with E-state index in [1.165, 1.54) is 6.42 Å². The van der Waals surface area contributed by atoms with E-state index in [0.717, 1.165) is 19.4 Å². The van der Waals surface area contributed by atoms with Gasteiger partial charge >= 0.3 is 0 Å². The van der Waals surface area contributed by atoms with Gasteiger partial charge in [0.1, 0.15) is 0 Å². The van der Waals surface area contributed by atoms with Gasteiger partial charge in [-0.3, -0.25) is 4.79 Å². The zero-order chi connectivity index (χ0) is 11.4. The van der Waals surface area contributed by atoms with E-state index in [-0.39, 0.29) is 11.9 Å². The summed E-state index contributed by atoms with van der Waals surface area (Å²) in [5, 5.41) is 3.27. The van der Waals surface area contributed by atoms with Gasteiger partial charge in [0, 0.05) is 18.6 Å². The number of amides is 1. The van der Waals surface area contributed by atoms with E-state index >= 15 is 0 Å². The van der Waals surface area contributed by atoms with Crippen LogP contribution in [0.25, 0.3) is 0 Å². The molecule has 1 rings (SSSR count). The summed E-state index contributed by atoms with van der Waals surface area (Å²) in [6, 6.07) is 0.734. The number of piperidine rings is 1. The lowest BCUT2D eigenvalue weighted by Gasteiger charge is -2.35. The van der Waals surface area contributed by atoms with Gasteiger partial charge < -0.3 is 10.2 Å². The lowest BCUT2D eigenvalue weighted by molar-refractivity contribution is -0.136. The van der Waals surface area contributed by atoms with Crippen LogP contribution in [0, 0.1) is 0 Å². The second-order valence-electron chi connectivity index (χ2n) is 4.92. The highest BCUT2D eigenvalue weighted by atomic mass is 16.2. The molecule has 0 aromatic carbocycles. The molecule has 1 amide bonds. The van der Waals surface area contributed by atoms with Gasteiger partial charge in [-0.1, -0.05) is 13.8 Å². The van der Waals surface area contributed by atoms with E-state index in [9.17, 15) is 4.79 Å². The highest BCUT2D eigenvalue weighted by Crippen LogP contribution is 2.17. The highest BCUT2D eigenvalue weighted by Gasteiger charge is 2.26. The number of rotatable bonds is 3. The summed E-state index contributed by atoms with van der Waals surface area (Å²) in [6.07, 6.45) is 3.57. The average Bonchev–Trinajstić information content (AvgIpc) is 2.16.